The Kier molecular flexibility index (Phi) is 19.7. The van der Waals surface area contributed by atoms with Crippen molar-refractivity contribution in [1.29, 1.82) is 0 Å². The summed E-state index contributed by atoms with van der Waals surface area (Å²) >= 11 is 0. The van der Waals surface area contributed by atoms with Gasteiger partial charge in [0, 0.05) is 60.0 Å². The summed E-state index contributed by atoms with van der Waals surface area (Å²) in [6, 6.07) is 0. The highest BCUT2D eigenvalue weighted by Gasteiger charge is 2.66. The van der Waals surface area contributed by atoms with Crippen molar-refractivity contribution in [1.82, 2.24) is 0 Å². The monoisotopic (exact) mass is 1130 g/mol. The van der Waals surface area contributed by atoms with Crippen molar-refractivity contribution in [3.05, 3.63) is 12.2 Å². The second-order valence-electron chi connectivity index (χ2n) is 24.8. The molecule has 22 heteroatoms. The van der Waals surface area contributed by atoms with Gasteiger partial charge in [0.1, 0.15) is 61.0 Å². The smallest absolute Gasteiger partial charge is 0.303 e. The summed E-state index contributed by atoms with van der Waals surface area (Å²) in [6.45, 7) is 14.8. The molecule has 0 radical (unpaired) electrons. The van der Waals surface area contributed by atoms with E-state index >= 15 is 0 Å². The molecule has 5 saturated heterocycles. The van der Waals surface area contributed by atoms with Gasteiger partial charge in [-0.1, -0.05) is 26.0 Å². The third kappa shape index (κ3) is 11.9. The Hall–Kier alpha value is -1.59. The van der Waals surface area contributed by atoms with E-state index in [1.165, 1.54) is 14.0 Å². The maximum Gasteiger partial charge on any atom is 0.303 e. The number of ether oxygens (including phenoxy) is 15. The Morgan fingerprint density at radius 3 is 1.77 bits per heavy atom. The fourth-order valence-electron chi connectivity index (χ4n) is 15.9. The molecule has 4 aliphatic carbocycles. The summed E-state index contributed by atoms with van der Waals surface area (Å²) in [5.41, 5.74) is -1.49. The molecule has 8 fully saturated rings. The van der Waals surface area contributed by atoms with E-state index in [2.05, 4.69) is 26.0 Å². The van der Waals surface area contributed by atoms with Gasteiger partial charge in [-0.05, 0) is 109 Å². The highest BCUT2D eigenvalue weighted by atomic mass is 16.8. The SMILES string of the molecule is CO[C@@H]1[C@@H](O)[C@H](O[C@H]2CC[C@@]3(C)[C@@H](C=C[C@@H]4[C@@H]3CC[C@@]3(C)[C@H]4CC[C@]3(O)[C@@H](C)O[C@H]3C[C@@H](OC)[C@H](O[C@H]4C[C@@H](OC)[C@H](O[C@@H]5O[C@H](CO)[C@@H](O)[C@H](O)[C@H]5O)[C@@H](C)O4)[C@@H](C)O3)C2)O[C@H](C)[C@@H]1O[C@H]1C[C@@H](OC)[C@H](OC(C)=O)[C@H](C)O1. The van der Waals surface area contributed by atoms with Crippen LogP contribution in [0.1, 0.15) is 120 Å². The molecular formula is C57H94O22. The molecule has 0 amide bonds. The zero-order valence-electron chi connectivity index (χ0n) is 48.3. The molecule has 0 spiro atoms. The van der Waals surface area contributed by atoms with Crippen LogP contribution < -0.4 is 0 Å². The number of rotatable bonds is 17. The van der Waals surface area contributed by atoms with Crippen LogP contribution in [0.5, 0.6) is 0 Å². The number of allylic oxidation sites excluding steroid dienone is 2. The maximum absolute atomic E-state index is 12.9. The maximum atomic E-state index is 12.9. The molecular weight excluding hydrogens is 1040 g/mol. The van der Waals surface area contributed by atoms with Crippen molar-refractivity contribution >= 4 is 5.97 Å². The highest BCUT2D eigenvalue weighted by Crippen LogP contribution is 2.68. The first kappa shape index (κ1) is 62.0. The van der Waals surface area contributed by atoms with Crippen LogP contribution in [0.4, 0.5) is 0 Å². The number of hydrogen-bond acceptors (Lipinski definition) is 22. The van der Waals surface area contributed by atoms with Crippen molar-refractivity contribution < 1.29 is 106 Å². The summed E-state index contributed by atoms with van der Waals surface area (Å²) in [4.78, 5) is 11.8. The zero-order valence-corrected chi connectivity index (χ0v) is 48.3. The second kappa shape index (κ2) is 25.2. The van der Waals surface area contributed by atoms with Crippen molar-refractivity contribution in [3.8, 4) is 0 Å². The predicted molar refractivity (Wildman–Crippen MR) is 276 cm³/mol. The number of carbonyl (C=O) groups excluding carboxylic acids is 1. The molecule has 0 unspecified atom stereocenters. The van der Waals surface area contributed by atoms with E-state index in [0.717, 1.165) is 38.5 Å². The molecule has 22 nitrogen and oxygen atoms in total. The summed E-state index contributed by atoms with van der Waals surface area (Å²) in [5, 5.41) is 65.6. The first-order valence-electron chi connectivity index (χ1n) is 29.1. The Balaban J connectivity index is 0.774. The average Bonchev–Trinajstić information content (AvgIpc) is 4.00. The number of hydrogen-bond donors (Lipinski definition) is 6. The minimum atomic E-state index is -1.59. The minimum Gasteiger partial charge on any atom is -0.457 e. The van der Waals surface area contributed by atoms with Crippen LogP contribution in [0, 0.1) is 34.5 Å². The molecule has 9 aliphatic rings. The van der Waals surface area contributed by atoms with Gasteiger partial charge in [0.15, 0.2) is 37.6 Å². The zero-order chi connectivity index (χ0) is 57.0. The predicted octanol–water partition coefficient (Wildman–Crippen LogP) is 2.78. The van der Waals surface area contributed by atoms with E-state index in [0.29, 0.717) is 31.1 Å². The fraction of sp³-hybridized carbons (Fsp3) is 0.947. The fourth-order valence-corrected chi connectivity index (χ4v) is 15.9. The molecule has 0 aromatic rings. The first-order valence-corrected chi connectivity index (χ1v) is 29.1. The van der Waals surface area contributed by atoms with E-state index in [4.69, 9.17) is 71.1 Å². The molecule has 5 aliphatic heterocycles. The lowest BCUT2D eigenvalue weighted by Crippen LogP contribution is -2.62. The van der Waals surface area contributed by atoms with Crippen LogP contribution in [0.2, 0.25) is 0 Å². The number of esters is 1. The van der Waals surface area contributed by atoms with Crippen molar-refractivity contribution in [3.63, 3.8) is 0 Å². The van der Waals surface area contributed by atoms with Crippen LogP contribution in [-0.2, 0) is 75.8 Å². The van der Waals surface area contributed by atoms with Crippen molar-refractivity contribution in [2.45, 2.75) is 273 Å². The van der Waals surface area contributed by atoms with Crippen molar-refractivity contribution in [2.75, 3.05) is 35.0 Å². The van der Waals surface area contributed by atoms with E-state index in [-0.39, 0.29) is 29.8 Å². The molecule has 3 saturated carbocycles. The van der Waals surface area contributed by atoms with Gasteiger partial charge in [-0.3, -0.25) is 4.79 Å². The Bertz CT molecular complexity index is 2040. The van der Waals surface area contributed by atoms with E-state index in [1.807, 2.05) is 27.7 Å². The molecule has 79 heavy (non-hydrogen) atoms. The molecule has 0 aromatic carbocycles. The lowest BCUT2D eigenvalue weighted by Gasteiger charge is -2.60. The van der Waals surface area contributed by atoms with Crippen LogP contribution in [0.25, 0.3) is 0 Å². The third-order valence-corrected chi connectivity index (χ3v) is 20.5. The highest BCUT2D eigenvalue weighted by molar-refractivity contribution is 5.66. The number of aliphatic hydroxyl groups is 6. The number of aliphatic hydroxyl groups excluding tert-OH is 5. The van der Waals surface area contributed by atoms with Crippen molar-refractivity contribution in [2.24, 2.45) is 34.5 Å². The molecule has 0 aromatic heterocycles. The van der Waals surface area contributed by atoms with E-state index in [1.54, 1.807) is 28.3 Å². The summed E-state index contributed by atoms with van der Waals surface area (Å²) in [6.07, 6.45) is -7.34. The lowest BCUT2D eigenvalue weighted by molar-refractivity contribution is -0.354. The van der Waals surface area contributed by atoms with E-state index in [9.17, 15) is 35.4 Å². The molecule has 6 N–H and O–H groups in total. The summed E-state index contributed by atoms with van der Waals surface area (Å²) in [7, 11) is 6.26. The lowest BCUT2D eigenvalue weighted by atomic mass is 9.46. The Morgan fingerprint density at radius 2 is 1.15 bits per heavy atom. The number of carbonyl (C=O) groups is 1. The van der Waals surface area contributed by atoms with Gasteiger partial charge in [0.2, 0.25) is 0 Å². The van der Waals surface area contributed by atoms with Crippen LogP contribution >= 0.6 is 0 Å². The first-order chi connectivity index (χ1) is 37.5. The largest absolute Gasteiger partial charge is 0.457 e. The van der Waals surface area contributed by atoms with Crippen LogP contribution in [0.3, 0.4) is 0 Å². The summed E-state index contributed by atoms with van der Waals surface area (Å²) < 4.78 is 92.4. The second-order valence-corrected chi connectivity index (χ2v) is 24.8. The number of methoxy groups -OCH3 is 4. The third-order valence-electron chi connectivity index (χ3n) is 20.5. The van der Waals surface area contributed by atoms with Gasteiger partial charge in [-0.2, -0.15) is 0 Å². The Labute approximate surface area is 465 Å². The average molecular weight is 1130 g/mol. The van der Waals surface area contributed by atoms with Gasteiger partial charge in [0.25, 0.3) is 0 Å². The molecule has 5 heterocycles. The van der Waals surface area contributed by atoms with Gasteiger partial charge in [-0.25, -0.2) is 0 Å². The van der Waals surface area contributed by atoms with Crippen LogP contribution in [-0.4, -0.2) is 225 Å². The van der Waals surface area contributed by atoms with Gasteiger partial charge in [-0.15, -0.1) is 0 Å². The van der Waals surface area contributed by atoms with Gasteiger partial charge in [0.05, 0.1) is 61.0 Å². The van der Waals surface area contributed by atoms with Crippen LogP contribution in [0.15, 0.2) is 12.2 Å². The van der Waals surface area contributed by atoms with Gasteiger partial charge < -0.3 is 102 Å². The Morgan fingerprint density at radius 1 is 0.595 bits per heavy atom. The number of fused-ring (bicyclic) bond motifs is 5. The topological polar surface area (TPSA) is 277 Å². The minimum absolute atomic E-state index is 0.0248. The quantitative estimate of drug-likeness (QED) is 0.0903. The molecule has 9 rings (SSSR count). The molecule has 454 valence electrons. The molecule has 31 atom stereocenters. The normalized spacial score (nSPS) is 52.4. The van der Waals surface area contributed by atoms with Gasteiger partial charge >= 0.3 is 5.97 Å². The summed E-state index contributed by atoms with van der Waals surface area (Å²) in [5.74, 6) is 0.822. The molecule has 0 bridgehead atoms. The standard InChI is InChI=1S/C57H94O22/c1-26-48(74-31(6)59)37(65-9)23-43(70-26)78-51-29(4)72-54(47(63)52(51)68-12)75-33-15-18-55(7)32(21-33)13-14-34-35(55)16-19-56(8)36(34)17-20-57(56,64)30(5)73-41-22-38(66-10)49(27(2)69-41)77-42-24-39(67-11)50(28(3)71-42)79-53-46(62)45(61)44(60)40(25-58)76-53/h13-14,26-30,32-54,58,60-64H,15-25H2,1-12H3/t26-,27+,28+,29+,30+,32-,33-,34+,35-,36-,37+,38+,39+,40+,41-,42-,43-,44+,45-,46+,47+,48+,49+,50+,51-,52+,53-,54-,55-,56-,57-/m0/s1. The van der Waals surface area contributed by atoms with E-state index < -0.39 is 165 Å².